The predicted octanol–water partition coefficient (Wildman–Crippen LogP) is 2.14. The third-order valence-corrected chi connectivity index (χ3v) is 4.34. The van der Waals surface area contributed by atoms with Crippen molar-refractivity contribution < 1.29 is 9.59 Å². The fraction of sp³-hybridized carbons (Fsp3) is 0.294. The predicted molar refractivity (Wildman–Crippen MR) is 102 cm³/mol. The lowest BCUT2D eigenvalue weighted by Crippen LogP contribution is -2.18. The van der Waals surface area contributed by atoms with E-state index >= 15 is 0 Å². The van der Waals surface area contributed by atoms with E-state index in [2.05, 4.69) is 35.8 Å². The number of rotatable bonds is 8. The molecule has 0 radical (unpaired) electrons. The lowest BCUT2D eigenvalue weighted by molar-refractivity contribution is -0.119. The molecule has 0 aliphatic heterocycles. The number of Topliss-reactive ketones (excluding diaryl/α,β-unsaturated/α-hetero) is 1. The molecule has 0 spiro atoms. The van der Waals surface area contributed by atoms with Crippen molar-refractivity contribution in [1.29, 1.82) is 0 Å². The maximum absolute atomic E-state index is 12.1. The second-order valence-corrected chi connectivity index (χ2v) is 6.95. The van der Waals surface area contributed by atoms with Crippen molar-refractivity contribution in [1.82, 2.24) is 25.1 Å². The first-order chi connectivity index (χ1) is 13.0. The van der Waals surface area contributed by atoms with Crippen LogP contribution >= 0.6 is 11.3 Å². The van der Waals surface area contributed by atoms with Gasteiger partial charge < -0.3 is 15.6 Å². The van der Waals surface area contributed by atoms with E-state index in [0.29, 0.717) is 28.3 Å². The van der Waals surface area contributed by atoms with Gasteiger partial charge in [-0.15, -0.1) is 21.5 Å². The molecular formula is C17H19N7O2S. The fourth-order valence-corrected chi connectivity index (χ4v) is 2.82. The number of pyridine rings is 1. The number of nitrogens with zero attached hydrogens (tertiary/aromatic N) is 4. The van der Waals surface area contributed by atoms with Crippen molar-refractivity contribution in [2.24, 2.45) is 5.92 Å². The number of nitrogens with one attached hydrogen (secondary N) is 3. The average Bonchev–Trinajstić information content (AvgIpc) is 3.30. The third kappa shape index (κ3) is 5.17. The Kier molecular flexibility index (Phi) is 5.87. The summed E-state index contributed by atoms with van der Waals surface area (Å²) >= 11 is 1.30. The number of aromatic amines is 1. The molecule has 27 heavy (non-hydrogen) atoms. The van der Waals surface area contributed by atoms with E-state index in [0.717, 1.165) is 0 Å². The Bertz CT molecular complexity index is 920. The Morgan fingerprint density at radius 3 is 2.85 bits per heavy atom. The Morgan fingerprint density at radius 1 is 1.26 bits per heavy atom. The monoisotopic (exact) mass is 385 g/mol. The van der Waals surface area contributed by atoms with E-state index in [-0.39, 0.29) is 30.6 Å². The molecule has 0 saturated carbocycles. The van der Waals surface area contributed by atoms with Gasteiger partial charge in [0.15, 0.2) is 16.7 Å². The van der Waals surface area contributed by atoms with Crippen molar-refractivity contribution >= 4 is 34.1 Å². The number of H-pyrrole nitrogens is 1. The normalized spacial score (nSPS) is 10.8. The number of anilines is 2. The number of aromatic nitrogens is 5. The van der Waals surface area contributed by atoms with Crippen molar-refractivity contribution in [3.8, 4) is 11.5 Å². The summed E-state index contributed by atoms with van der Waals surface area (Å²) in [4.78, 5) is 35.2. The molecule has 3 aromatic rings. The highest BCUT2D eigenvalue weighted by Gasteiger charge is 2.13. The molecular weight excluding hydrogens is 366 g/mol. The Labute approximate surface area is 159 Å². The fourth-order valence-electron chi connectivity index (χ4n) is 2.10. The van der Waals surface area contributed by atoms with E-state index in [9.17, 15) is 9.59 Å². The van der Waals surface area contributed by atoms with Crippen LogP contribution in [0.15, 0.2) is 29.8 Å². The van der Waals surface area contributed by atoms with Gasteiger partial charge in [-0.1, -0.05) is 19.9 Å². The lowest BCUT2D eigenvalue weighted by atomic mass is 10.2. The number of carbonyl (C=O) groups excluding carboxylic acids is 2. The maximum Gasteiger partial charge on any atom is 0.228 e. The number of carbonyl (C=O) groups is 2. The highest BCUT2D eigenvalue weighted by molar-refractivity contribution is 7.13. The third-order valence-electron chi connectivity index (χ3n) is 3.53. The minimum Gasteiger partial charge on any atom is -0.347 e. The zero-order chi connectivity index (χ0) is 19.2. The zero-order valence-corrected chi connectivity index (χ0v) is 15.7. The van der Waals surface area contributed by atoms with Gasteiger partial charge in [0.1, 0.15) is 5.69 Å². The number of thiazole rings is 1. The number of amides is 1. The van der Waals surface area contributed by atoms with Gasteiger partial charge in [0.05, 0.1) is 18.7 Å². The van der Waals surface area contributed by atoms with E-state index in [1.54, 1.807) is 11.6 Å². The van der Waals surface area contributed by atoms with Crippen LogP contribution in [0.4, 0.5) is 11.1 Å². The van der Waals surface area contributed by atoms with Gasteiger partial charge in [-0.25, -0.2) is 4.98 Å². The smallest absolute Gasteiger partial charge is 0.228 e. The topological polar surface area (TPSA) is 126 Å². The van der Waals surface area contributed by atoms with Crippen molar-refractivity contribution in [3.63, 3.8) is 0 Å². The molecule has 10 heteroatoms. The van der Waals surface area contributed by atoms with Gasteiger partial charge in [-0.05, 0) is 12.1 Å². The molecule has 0 fully saturated rings. The van der Waals surface area contributed by atoms with Crippen LogP contribution in [-0.4, -0.2) is 43.4 Å². The van der Waals surface area contributed by atoms with Crippen LogP contribution in [-0.2, 0) is 16.0 Å². The van der Waals surface area contributed by atoms with Gasteiger partial charge in [-0.3, -0.25) is 14.6 Å². The van der Waals surface area contributed by atoms with Crippen molar-refractivity contribution in [3.05, 3.63) is 35.5 Å². The molecule has 3 rings (SSSR count). The zero-order valence-electron chi connectivity index (χ0n) is 14.9. The molecule has 3 N–H and O–H groups in total. The summed E-state index contributed by atoms with van der Waals surface area (Å²) in [6.45, 7) is 3.70. The summed E-state index contributed by atoms with van der Waals surface area (Å²) in [7, 11) is 0. The summed E-state index contributed by atoms with van der Waals surface area (Å²) in [5, 5.41) is 15.9. The highest BCUT2D eigenvalue weighted by Crippen LogP contribution is 2.17. The molecule has 0 unspecified atom stereocenters. The summed E-state index contributed by atoms with van der Waals surface area (Å²) in [6.07, 6.45) is 1.84. The van der Waals surface area contributed by atoms with Crippen LogP contribution in [0.3, 0.4) is 0 Å². The largest absolute Gasteiger partial charge is 0.347 e. The molecule has 1 amide bonds. The van der Waals surface area contributed by atoms with Crippen molar-refractivity contribution in [2.75, 3.05) is 17.2 Å². The van der Waals surface area contributed by atoms with Crippen LogP contribution in [0.1, 0.15) is 19.5 Å². The first-order valence-corrected chi connectivity index (χ1v) is 9.24. The maximum atomic E-state index is 12.1. The minimum atomic E-state index is -0.124. The SMILES string of the molecule is CC(C)C(=O)Nc1nc(CC(=O)CNc2nnc(-c3ccccn3)[nH]2)cs1. The van der Waals surface area contributed by atoms with Gasteiger partial charge in [0.25, 0.3) is 0 Å². The summed E-state index contributed by atoms with van der Waals surface area (Å²) in [6, 6.07) is 5.48. The van der Waals surface area contributed by atoms with Crippen molar-refractivity contribution in [2.45, 2.75) is 20.3 Å². The quantitative estimate of drug-likeness (QED) is 0.542. The minimum absolute atomic E-state index is 0.0576. The molecule has 3 heterocycles. The molecule has 0 aromatic carbocycles. The van der Waals surface area contributed by atoms with Gasteiger partial charge in [0, 0.05) is 17.5 Å². The van der Waals surface area contributed by atoms with Crippen LogP contribution in [0, 0.1) is 5.92 Å². The first-order valence-electron chi connectivity index (χ1n) is 8.36. The standard InChI is InChI=1S/C17H19N7O2S/c1-10(2)15(26)22-17-20-11(9-27-17)7-12(25)8-19-16-21-14(23-24-16)13-5-3-4-6-18-13/h3-6,9-10H,7-8H2,1-2H3,(H,20,22,26)(H2,19,21,23,24). The Balaban J connectivity index is 1.50. The molecule has 9 nitrogen and oxygen atoms in total. The van der Waals surface area contributed by atoms with Crippen LogP contribution in [0.5, 0.6) is 0 Å². The summed E-state index contributed by atoms with van der Waals surface area (Å²) < 4.78 is 0. The highest BCUT2D eigenvalue weighted by atomic mass is 32.1. The molecule has 0 aliphatic rings. The lowest BCUT2D eigenvalue weighted by Gasteiger charge is -2.03. The molecule has 0 bridgehead atoms. The summed E-state index contributed by atoms with van der Waals surface area (Å²) in [5.41, 5.74) is 1.29. The van der Waals surface area contributed by atoms with Crippen LogP contribution < -0.4 is 10.6 Å². The van der Waals surface area contributed by atoms with E-state index in [4.69, 9.17) is 0 Å². The van der Waals surface area contributed by atoms with E-state index in [1.807, 2.05) is 32.0 Å². The molecule has 3 aromatic heterocycles. The van der Waals surface area contributed by atoms with E-state index < -0.39 is 0 Å². The number of hydrogen-bond acceptors (Lipinski definition) is 8. The summed E-state index contributed by atoms with van der Waals surface area (Å²) in [5.74, 6) is 0.638. The number of hydrogen-bond donors (Lipinski definition) is 3. The first kappa shape index (κ1) is 18.6. The molecule has 0 aliphatic carbocycles. The van der Waals surface area contributed by atoms with Gasteiger partial charge in [-0.2, -0.15) is 0 Å². The average molecular weight is 385 g/mol. The van der Waals surface area contributed by atoms with E-state index in [1.165, 1.54) is 11.3 Å². The second-order valence-electron chi connectivity index (χ2n) is 6.09. The van der Waals surface area contributed by atoms with Gasteiger partial charge >= 0.3 is 0 Å². The van der Waals surface area contributed by atoms with Gasteiger partial charge in [0.2, 0.25) is 11.9 Å². The molecule has 140 valence electrons. The molecule has 0 atom stereocenters. The molecule has 0 saturated heterocycles. The number of ketones is 1. The van der Waals surface area contributed by atoms with Crippen LogP contribution in [0.25, 0.3) is 11.5 Å². The Morgan fingerprint density at radius 2 is 2.11 bits per heavy atom. The van der Waals surface area contributed by atoms with Crippen LogP contribution in [0.2, 0.25) is 0 Å². The Hall–Kier alpha value is -3.14. The second kappa shape index (κ2) is 8.49.